The Hall–Kier alpha value is -5.07. The lowest BCUT2D eigenvalue weighted by Crippen LogP contribution is -2.52. The highest BCUT2D eigenvalue weighted by Crippen LogP contribution is 2.28. The molecule has 4 rings (SSSR count). The summed E-state index contributed by atoms with van der Waals surface area (Å²) in [7, 11) is -4.68. The largest absolute Gasteiger partial charge is 0.460 e. The van der Waals surface area contributed by atoms with Crippen molar-refractivity contribution in [3.8, 4) is 0 Å². The Labute approximate surface area is 261 Å². The Bertz CT molecular complexity index is 1690. The van der Waals surface area contributed by atoms with Gasteiger partial charge >= 0.3 is 12.1 Å². The number of carbonyl (C=O) groups is 2. The zero-order valence-electron chi connectivity index (χ0n) is 24.5. The molecule has 0 heterocycles. The number of nitro groups is 1. The maximum atomic E-state index is 14.1. The van der Waals surface area contributed by atoms with Gasteiger partial charge in [0.15, 0.2) is 4.90 Å². The minimum absolute atomic E-state index is 0.0227. The van der Waals surface area contributed by atoms with Crippen LogP contribution in [0, 0.1) is 10.1 Å². The molecule has 0 unspecified atom stereocenters. The molecule has 0 aliphatic carbocycles. The average Bonchev–Trinajstić information content (AvgIpc) is 3.06. The predicted molar refractivity (Wildman–Crippen MR) is 166 cm³/mol. The van der Waals surface area contributed by atoms with Gasteiger partial charge in [0.05, 0.1) is 11.0 Å². The second kappa shape index (κ2) is 15.6. The van der Waals surface area contributed by atoms with Crippen LogP contribution in [0.25, 0.3) is 0 Å². The van der Waals surface area contributed by atoms with Crippen molar-refractivity contribution in [1.82, 2.24) is 9.62 Å². The van der Waals surface area contributed by atoms with Crippen LogP contribution in [0.3, 0.4) is 0 Å². The molecule has 4 aromatic rings. The lowest BCUT2D eigenvalue weighted by atomic mass is 10.1. The summed E-state index contributed by atoms with van der Waals surface area (Å²) in [5.41, 5.74) is 1.56. The molecule has 0 bridgehead atoms. The number of ether oxygens (including phenoxy) is 2. The van der Waals surface area contributed by atoms with Crippen molar-refractivity contribution in [2.24, 2.45) is 0 Å². The highest BCUT2D eigenvalue weighted by molar-refractivity contribution is 7.89. The van der Waals surface area contributed by atoms with E-state index in [1.54, 1.807) is 66.7 Å². The smallest absolute Gasteiger partial charge is 0.407 e. The maximum absolute atomic E-state index is 14.1. The summed E-state index contributed by atoms with van der Waals surface area (Å²) in [6.45, 7) is 0.782. The lowest BCUT2D eigenvalue weighted by molar-refractivity contribution is -0.387. The number of alkyl carbamates (subject to hydrolysis) is 1. The van der Waals surface area contributed by atoms with E-state index in [0.717, 1.165) is 27.6 Å². The van der Waals surface area contributed by atoms with Crippen LogP contribution >= 0.6 is 0 Å². The van der Waals surface area contributed by atoms with Crippen molar-refractivity contribution in [1.29, 1.82) is 0 Å². The first kappa shape index (κ1) is 32.8. The van der Waals surface area contributed by atoms with Crippen molar-refractivity contribution >= 4 is 27.8 Å². The van der Waals surface area contributed by atoms with Gasteiger partial charge in [0.2, 0.25) is 0 Å². The molecular weight excluding hydrogens is 598 g/mol. The van der Waals surface area contributed by atoms with Crippen molar-refractivity contribution in [2.45, 2.75) is 43.5 Å². The molecule has 0 spiro atoms. The summed E-state index contributed by atoms with van der Waals surface area (Å²) in [5.74, 6) is -0.869. The van der Waals surface area contributed by atoms with Gasteiger partial charge in [-0.15, -0.1) is 0 Å². The number of carbonyl (C=O) groups excluding carboxylic acids is 2. The van der Waals surface area contributed by atoms with Crippen LogP contribution in [0.2, 0.25) is 0 Å². The van der Waals surface area contributed by atoms with E-state index in [-0.39, 0.29) is 19.6 Å². The second-order valence-corrected chi connectivity index (χ2v) is 12.0. The highest BCUT2D eigenvalue weighted by atomic mass is 32.2. The van der Waals surface area contributed by atoms with Crippen LogP contribution in [0.4, 0.5) is 10.5 Å². The van der Waals surface area contributed by atoms with Gasteiger partial charge in [-0.25, -0.2) is 13.2 Å². The Balaban J connectivity index is 1.65. The van der Waals surface area contributed by atoms with E-state index in [4.69, 9.17) is 9.47 Å². The molecule has 0 fully saturated rings. The first-order valence-corrected chi connectivity index (χ1v) is 15.6. The van der Waals surface area contributed by atoms with Gasteiger partial charge in [0.25, 0.3) is 15.7 Å². The van der Waals surface area contributed by atoms with Crippen LogP contribution in [0.15, 0.2) is 120 Å². The third-order valence-electron chi connectivity index (χ3n) is 6.91. The Morgan fingerprint density at radius 3 is 1.82 bits per heavy atom. The fraction of sp³-hybridized carbons (Fsp3) is 0.212. The SMILES string of the molecule is C[C@@H](C(=O)OCc1ccccc1)N(C[C@@H](Cc1ccccc1)NC(=O)OCc1ccccc1)S(=O)(=O)c1ccccc1[N+](=O)[O-]. The Morgan fingerprint density at radius 1 is 0.778 bits per heavy atom. The second-order valence-electron chi connectivity index (χ2n) is 10.2. The summed E-state index contributed by atoms with van der Waals surface area (Å²) in [4.78, 5) is 36.7. The molecule has 0 aliphatic rings. The molecular formula is C33H33N3O8S. The van der Waals surface area contributed by atoms with Crippen LogP contribution in [-0.2, 0) is 43.9 Å². The molecule has 2 atom stereocenters. The molecule has 0 saturated carbocycles. The van der Waals surface area contributed by atoms with E-state index in [1.165, 1.54) is 19.1 Å². The number of nitro benzene ring substituents is 1. The molecule has 1 amide bonds. The fourth-order valence-electron chi connectivity index (χ4n) is 4.59. The normalized spacial score (nSPS) is 12.6. The van der Waals surface area contributed by atoms with Crippen LogP contribution < -0.4 is 5.32 Å². The number of nitrogens with one attached hydrogen (secondary N) is 1. The lowest BCUT2D eigenvalue weighted by Gasteiger charge is -2.31. The molecule has 4 aromatic carbocycles. The zero-order chi connectivity index (χ0) is 32.2. The quantitative estimate of drug-likeness (QED) is 0.113. The number of benzene rings is 4. The molecule has 45 heavy (non-hydrogen) atoms. The summed E-state index contributed by atoms with van der Waals surface area (Å²) in [5, 5.41) is 14.5. The van der Waals surface area contributed by atoms with Gasteiger partial charge in [0.1, 0.15) is 19.3 Å². The number of nitrogens with zero attached hydrogens (tertiary/aromatic N) is 2. The average molecular weight is 632 g/mol. The number of sulfonamides is 1. The molecule has 0 radical (unpaired) electrons. The van der Waals surface area contributed by atoms with Crippen molar-refractivity contribution in [2.75, 3.05) is 6.54 Å². The number of esters is 1. The maximum Gasteiger partial charge on any atom is 0.407 e. The number of hydrogen-bond donors (Lipinski definition) is 1. The van der Waals surface area contributed by atoms with Gasteiger partial charge in [-0.1, -0.05) is 103 Å². The summed E-state index contributed by atoms with van der Waals surface area (Å²) < 4.78 is 39.9. The van der Waals surface area contributed by atoms with Gasteiger partial charge in [-0.05, 0) is 36.1 Å². The van der Waals surface area contributed by atoms with Gasteiger partial charge in [-0.2, -0.15) is 4.31 Å². The molecule has 11 nitrogen and oxygen atoms in total. The minimum Gasteiger partial charge on any atom is -0.460 e. The number of rotatable bonds is 14. The third kappa shape index (κ3) is 9.21. The molecule has 12 heteroatoms. The standard InChI is InChI=1S/C33H33N3O8S/c1-25(32(37)43-23-27-15-7-3-8-16-27)35(45(41,42)31-20-12-11-19-30(31)36(39)40)22-29(21-26-13-5-2-6-14-26)34-33(38)44-24-28-17-9-4-10-18-28/h2-20,25,29H,21-24H2,1H3,(H,34,38)/t25-,29+/m0/s1. The minimum atomic E-state index is -4.68. The number of hydrogen-bond acceptors (Lipinski definition) is 8. The summed E-state index contributed by atoms with van der Waals surface area (Å²) in [6.07, 6.45) is -0.641. The molecule has 0 saturated heterocycles. The Kier molecular flexibility index (Phi) is 11.4. The van der Waals surface area contributed by atoms with E-state index in [9.17, 15) is 28.1 Å². The molecule has 1 N–H and O–H groups in total. The van der Waals surface area contributed by atoms with Crippen LogP contribution in [0.5, 0.6) is 0 Å². The first-order chi connectivity index (χ1) is 21.6. The van der Waals surface area contributed by atoms with Crippen LogP contribution in [-0.4, -0.2) is 48.3 Å². The topological polar surface area (TPSA) is 145 Å². The highest BCUT2D eigenvalue weighted by Gasteiger charge is 2.39. The number of amides is 1. The van der Waals surface area contributed by atoms with E-state index >= 15 is 0 Å². The van der Waals surface area contributed by atoms with Crippen molar-refractivity contribution in [3.63, 3.8) is 0 Å². The van der Waals surface area contributed by atoms with Gasteiger partial charge in [0, 0.05) is 12.6 Å². The zero-order valence-corrected chi connectivity index (χ0v) is 25.3. The summed E-state index contributed by atoms with van der Waals surface area (Å²) in [6, 6.07) is 29.5. The van der Waals surface area contributed by atoms with Crippen molar-refractivity contribution < 1.29 is 32.4 Å². The monoisotopic (exact) mass is 631 g/mol. The fourth-order valence-corrected chi connectivity index (χ4v) is 6.38. The van der Waals surface area contributed by atoms with Crippen molar-refractivity contribution in [3.05, 3.63) is 142 Å². The molecule has 0 aromatic heterocycles. The molecule has 234 valence electrons. The van der Waals surface area contributed by atoms with E-state index in [2.05, 4.69) is 5.32 Å². The van der Waals surface area contributed by atoms with E-state index in [1.807, 2.05) is 24.3 Å². The first-order valence-electron chi connectivity index (χ1n) is 14.1. The van der Waals surface area contributed by atoms with Gasteiger partial charge in [-0.3, -0.25) is 14.9 Å². The summed E-state index contributed by atoms with van der Waals surface area (Å²) >= 11 is 0. The molecule has 0 aliphatic heterocycles. The van der Waals surface area contributed by atoms with E-state index < -0.39 is 56.2 Å². The predicted octanol–water partition coefficient (Wildman–Crippen LogP) is 5.26. The van der Waals surface area contributed by atoms with E-state index in [0.29, 0.717) is 5.56 Å². The van der Waals surface area contributed by atoms with Gasteiger partial charge < -0.3 is 14.8 Å². The Morgan fingerprint density at radius 2 is 1.27 bits per heavy atom. The number of para-hydroxylation sites is 1. The third-order valence-corrected chi connectivity index (χ3v) is 8.89. The van der Waals surface area contributed by atoms with Crippen LogP contribution in [0.1, 0.15) is 23.6 Å².